The van der Waals surface area contributed by atoms with Crippen molar-refractivity contribution in [1.29, 1.82) is 0 Å². The van der Waals surface area contributed by atoms with Crippen LogP contribution < -0.4 is 4.74 Å². The molecule has 1 aromatic carbocycles. The van der Waals surface area contributed by atoms with Gasteiger partial charge < -0.3 is 4.74 Å². The number of ether oxygens (including phenoxy) is 1. The van der Waals surface area contributed by atoms with Crippen molar-refractivity contribution in [2.75, 3.05) is 0 Å². The largest absolute Gasteiger partial charge is 0.473 e. The van der Waals surface area contributed by atoms with Gasteiger partial charge in [0.15, 0.2) is 10.7 Å². The van der Waals surface area contributed by atoms with Crippen molar-refractivity contribution in [3.05, 3.63) is 60.4 Å². The fourth-order valence-corrected chi connectivity index (χ4v) is 4.19. The van der Waals surface area contributed by atoms with Crippen LogP contribution in [0.3, 0.4) is 0 Å². The van der Waals surface area contributed by atoms with E-state index in [1.165, 1.54) is 29.3 Å². The van der Waals surface area contributed by atoms with Crippen LogP contribution in [-0.4, -0.2) is 29.3 Å². The molecule has 1 saturated carbocycles. The smallest absolute Gasteiger partial charge is 0.252 e. The predicted octanol–water partition coefficient (Wildman–Crippen LogP) is 3.76. The average molecular weight is 383 g/mol. The van der Waals surface area contributed by atoms with Crippen molar-refractivity contribution in [3.63, 3.8) is 0 Å². The molecule has 2 heterocycles. The number of hydrogen-bond donors (Lipinski definition) is 0. The molecule has 0 N–H and O–H groups in total. The van der Waals surface area contributed by atoms with Crippen LogP contribution in [0.1, 0.15) is 38.2 Å². The van der Waals surface area contributed by atoms with E-state index < -0.39 is 9.84 Å². The second kappa shape index (κ2) is 6.81. The van der Waals surface area contributed by atoms with E-state index in [1.54, 1.807) is 30.3 Å². The summed E-state index contributed by atoms with van der Waals surface area (Å²) in [5, 5.41) is 4.36. The van der Waals surface area contributed by atoms with Crippen molar-refractivity contribution in [2.45, 2.75) is 48.5 Å². The fourth-order valence-electron chi connectivity index (χ4n) is 2.87. The standard InChI is InChI=1S/C20H21N3O3S/c1-14(2)26-20-18(27(24,25)17-6-4-3-5-7-17)13-23(22-20)19-11-10-16(12-21-19)15-8-9-15/h3-7,10-15H,8-9H2,1-2H3. The van der Waals surface area contributed by atoms with Gasteiger partial charge >= 0.3 is 0 Å². The van der Waals surface area contributed by atoms with E-state index in [-0.39, 0.29) is 21.8 Å². The van der Waals surface area contributed by atoms with Crippen LogP contribution in [-0.2, 0) is 9.84 Å². The van der Waals surface area contributed by atoms with E-state index in [4.69, 9.17) is 4.74 Å². The molecule has 7 heteroatoms. The lowest BCUT2D eigenvalue weighted by molar-refractivity contribution is 0.225. The molecule has 0 aliphatic heterocycles. The molecule has 3 aromatic rings. The number of rotatable bonds is 6. The van der Waals surface area contributed by atoms with Gasteiger partial charge in [0.1, 0.15) is 0 Å². The fraction of sp³-hybridized carbons (Fsp3) is 0.300. The van der Waals surface area contributed by atoms with Crippen molar-refractivity contribution >= 4 is 9.84 Å². The van der Waals surface area contributed by atoms with Crippen molar-refractivity contribution in [1.82, 2.24) is 14.8 Å². The summed E-state index contributed by atoms with van der Waals surface area (Å²) in [7, 11) is -3.75. The molecule has 1 aliphatic carbocycles. The first-order valence-corrected chi connectivity index (χ1v) is 10.5. The summed E-state index contributed by atoms with van der Waals surface area (Å²) in [5.74, 6) is 1.25. The Morgan fingerprint density at radius 2 is 1.85 bits per heavy atom. The third kappa shape index (κ3) is 3.60. The zero-order valence-corrected chi connectivity index (χ0v) is 16.1. The summed E-state index contributed by atoms with van der Waals surface area (Å²) in [6.45, 7) is 3.67. The first-order valence-electron chi connectivity index (χ1n) is 8.98. The van der Waals surface area contributed by atoms with E-state index in [9.17, 15) is 8.42 Å². The van der Waals surface area contributed by atoms with Gasteiger partial charge in [-0.2, -0.15) is 0 Å². The van der Waals surface area contributed by atoms with Crippen molar-refractivity contribution in [2.24, 2.45) is 0 Å². The van der Waals surface area contributed by atoms with Crippen LogP contribution in [0.15, 0.2) is 64.6 Å². The SMILES string of the molecule is CC(C)Oc1nn(-c2ccc(C3CC3)cn2)cc1S(=O)(=O)c1ccccc1. The van der Waals surface area contributed by atoms with Gasteiger partial charge in [-0.15, -0.1) is 5.10 Å². The highest BCUT2D eigenvalue weighted by atomic mass is 32.2. The van der Waals surface area contributed by atoms with Gasteiger partial charge in [-0.1, -0.05) is 24.3 Å². The highest BCUT2D eigenvalue weighted by Crippen LogP contribution is 2.39. The molecule has 0 spiro atoms. The lowest BCUT2D eigenvalue weighted by atomic mass is 10.2. The molecule has 0 saturated heterocycles. The first-order chi connectivity index (χ1) is 12.9. The molecule has 2 aromatic heterocycles. The van der Waals surface area contributed by atoms with E-state index in [2.05, 4.69) is 10.1 Å². The molecule has 0 unspecified atom stereocenters. The van der Waals surface area contributed by atoms with Gasteiger partial charge in [0.25, 0.3) is 5.88 Å². The summed E-state index contributed by atoms with van der Waals surface area (Å²) in [6.07, 6.45) is 5.51. The Balaban J connectivity index is 1.76. The zero-order chi connectivity index (χ0) is 19.0. The second-order valence-corrected chi connectivity index (χ2v) is 8.87. The quantitative estimate of drug-likeness (QED) is 0.648. The second-order valence-electron chi connectivity index (χ2n) is 6.95. The number of pyridine rings is 1. The number of aromatic nitrogens is 3. The topological polar surface area (TPSA) is 74.1 Å². The third-order valence-electron chi connectivity index (χ3n) is 4.39. The number of sulfone groups is 1. The molecule has 140 valence electrons. The maximum atomic E-state index is 13.1. The Morgan fingerprint density at radius 1 is 1.11 bits per heavy atom. The molecule has 0 amide bonds. The van der Waals surface area contributed by atoms with E-state index >= 15 is 0 Å². The average Bonchev–Trinajstić information content (AvgIpc) is 3.43. The Kier molecular flexibility index (Phi) is 4.47. The van der Waals surface area contributed by atoms with Crippen LogP contribution in [0.2, 0.25) is 0 Å². The predicted molar refractivity (Wildman–Crippen MR) is 101 cm³/mol. The first kappa shape index (κ1) is 17.7. The Morgan fingerprint density at radius 3 is 2.44 bits per heavy atom. The number of hydrogen-bond acceptors (Lipinski definition) is 5. The summed E-state index contributed by atoms with van der Waals surface area (Å²) in [5.41, 5.74) is 1.21. The van der Waals surface area contributed by atoms with Gasteiger partial charge in [-0.3, -0.25) is 0 Å². The Hall–Kier alpha value is -2.67. The maximum absolute atomic E-state index is 13.1. The summed E-state index contributed by atoms with van der Waals surface area (Å²) in [4.78, 5) is 4.69. The Bertz CT molecular complexity index is 1040. The highest BCUT2D eigenvalue weighted by Gasteiger charge is 2.28. The van der Waals surface area contributed by atoms with Crippen LogP contribution in [0.5, 0.6) is 5.88 Å². The van der Waals surface area contributed by atoms with Gasteiger partial charge in [-0.05, 0) is 56.4 Å². The normalized spacial score (nSPS) is 14.5. The lowest BCUT2D eigenvalue weighted by Gasteiger charge is -2.09. The summed E-state index contributed by atoms with van der Waals surface area (Å²) in [6, 6.07) is 12.2. The summed E-state index contributed by atoms with van der Waals surface area (Å²) < 4.78 is 33.3. The minimum absolute atomic E-state index is 0.0375. The van der Waals surface area contributed by atoms with Crippen LogP contribution in [0, 0.1) is 0 Å². The molecule has 27 heavy (non-hydrogen) atoms. The lowest BCUT2D eigenvalue weighted by Crippen LogP contribution is -2.10. The van der Waals surface area contributed by atoms with Gasteiger partial charge in [0.05, 0.1) is 17.2 Å². The van der Waals surface area contributed by atoms with Gasteiger partial charge in [-0.25, -0.2) is 18.1 Å². The van der Waals surface area contributed by atoms with Gasteiger partial charge in [0.2, 0.25) is 9.84 Å². The van der Waals surface area contributed by atoms with Crippen LogP contribution in [0.25, 0.3) is 5.82 Å². The van der Waals surface area contributed by atoms with Crippen LogP contribution >= 0.6 is 0 Å². The van der Waals surface area contributed by atoms with Crippen molar-refractivity contribution in [3.8, 4) is 11.7 Å². The van der Waals surface area contributed by atoms with E-state index in [0.717, 1.165) is 0 Å². The molecule has 6 nitrogen and oxygen atoms in total. The molecule has 1 aliphatic rings. The molecular formula is C20H21N3O3S. The highest BCUT2D eigenvalue weighted by molar-refractivity contribution is 7.91. The molecule has 0 atom stereocenters. The monoisotopic (exact) mass is 383 g/mol. The minimum atomic E-state index is -3.75. The molecule has 1 fully saturated rings. The van der Waals surface area contributed by atoms with E-state index in [0.29, 0.717) is 11.7 Å². The number of benzene rings is 1. The molecular weight excluding hydrogens is 362 g/mol. The van der Waals surface area contributed by atoms with E-state index in [1.807, 2.05) is 32.2 Å². The van der Waals surface area contributed by atoms with Crippen molar-refractivity contribution < 1.29 is 13.2 Å². The third-order valence-corrected chi connectivity index (χ3v) is 6.15. The number of nitrogens with zero attached hydrogens (tertiary/aromatic N) is 3. The zero-order valence-electron chi connectivity index (χ0n) is 15.2. The molecule has 0 radical (unpaired) electrons. The molecule has 0 bridgehead atoms. The van der Waals surface area contributed by atoms with Crippen LogP contribution in [0.4, 0.5) is 0 Å². The van der Waals surface area contributed by atoms with Gasteiger partial charge in [0, 0.05) is 6.20 Å². The molecule has 4 rings (SSSR count). The minimum Gasteiger partial charge on any atom is -0.473 e. The Labute approximate surface area is 158 Å². The summed E-state index contributed by atoms with van der Waals surface area (Å²) >= 11 is 0. The maximum Gasteiger partial charge on any atom is 0.252 e.